The van der Waals surface area contributed by atoms with Gasteiger partial charge in [0.15, 0.2) is 0 Å². The fraction of sp³-hybridized carbons (Fsp3) is 0.261. The molecule has 8 rings (SSSR count). The largest absolute Gasteiger partial charge is 0.478 e. The number of nitrogen functional groups attached to an aromatic ring is 2. The number of piperidine rings is 2. The number of aromatic nitrogens is 4. The summed E-state index contributed by atoms with van der Waals surface area (Å²) in [6.07, 6.45) is 3.99. The predicted octanol–water partition coefficient (Wildman–Crippen LogP) is 9.31. The molecule has 17 heteroatoms. The number of aromatic carboxylic acids is 1. The van der Waals surface area contributed by atoms with Crippen molar-refractivity contribution in [1.29, 1.82) is 0 Å². The lowest BCUT2D eigenvalue weighted by atomic mass is 9.92. The minimum atomic E-state index is -0.988. The molecule has 6 aromatic rings. The zero-order chi connectivity index (χ0) is 43.3. The highest BCUT2D eigenvalue weighted by molar-refractivity contribution is 5.94. The Bertz CT molecular complexity index is 2380. The number of nitrogens with zero attached hydrogens (tertiary/aromatic N) is 5. The first-order valence-corrected chi connectivity index (χ1v) is 19.9. The lowest BCUT2D eigenvalue weighted by molar-refractivity contribution is 0.0692. The second-order valence-electron chi connectivity index (χ2n) is 14.7. The number of halogens is 4. The van der Waals surface area contributed by atoms with E-state index < -0.39 is 5.97 Å². The number of carbonyl (C=O) groups is 2. The Hall–Kier alpha value is -6.42. The van der Waals surface area contributed by atoms with Crippen LogP contribution >= 0.6 is 24.8 Å². The number of carboxylic acids is 1. The molecule has 2 aliphatic heterocycles. The maximum Gasteiger partial charge on any atom is 0.335 e. The zero-order valence-electron chi connectivity index (χ0n) is 34.7. The van der Waals surface area contributed by atoms with Gasteiger partial charge in [0.05, 0.1) is 17.0 Å². The summed E-state index contributed by atoms with van der Waals surface area (Å²) in [5.74, 6) is 2.34. The molecular weight excluding hydrogens is 853 g/mol. The molecule has 0 bridgehead atoms. The van der Waals surface area contributed by atoms with Gasteiger partial charge in [-0.3, -0.25) is 4.79 Å². The molecule has 0 aliphatic carbocycles. The highest BCUT2D eigenvalue weighted by Gasteiger charge is 2.26. The van der Waals surface area contributed by atoms with E-state index in [0.717, 1.165) is 61.3 Å². The smallest absolute Gasteiger partial charge is 0.335 e. The number of carboxylic acid groups (broad SMARTS) is 1. The van der Waals surface area contributed by atoms with Crippen LogP contribution in [0.5, 0.6) is 23.0 Å². The summed E-state index contributed by atoms with van der Waals surface area (Å²) >= 11 is 0. The Kier molecular flexibility index (Phi) is 18.5. The van der Waals surface area contributed by atoms with Crippen LogP contribution in [0.15, 0.2) is 109 Å². The van der Waals surface area contributed by atoms with Crippen LogP contribution in [0.3, 0.4) is 0 Å². The number of nitrogens with two attached hydrogens (primary N) is 2. The van der Waals surface area contributed by atoms with Crippen molar-refractivity contribution in [3.05, 3.63) is 154 Å². The summed E-state index contributed by atoms with van der Waals surface area (Å²) in [6, 6.07) is 28.4. The van der Waals surface area contributed by atoms with Gasteiger partial charge in [0.25, 0.3) is 5.91 Å². The van der Waals surface area contributed by atoms with E-state index in [2.05, 4.69) is 31.8 Å². The number of likely N-dealkylation sites (tertiary alicyclic amines) is 1. The molecule has 0 radical (unpaired) electrons. The molecule has 2 aliphatic rings. The summed E-state index contributed by atoms with van der Waals surface area (Å²) < 4.78 is 36.7. The predicted molar refractivity (Wildman–Crippen MR) is 242 cm³/mol. The molecule has 0 spiro atoms. The molecular formula is C46H50Cl2F2N8O5. The van der Waals surface area contributed by atoms with Crippen molar-refractivity contribution in [3.8, 4) is 23.0 Å². The molecule has 63 heavy (non-hydrogen) atoms. The number of benzene rings is 4. The minimum Gasteiger partial charge on any atom is -0.478 e. The van der Waals surface area contributed by atoms with E-state index in [9.17, 15) is 18.4 Å². The molecule has 1 amide bonds. The van der Waals surface area contributed by atoms with Gasteiger partial charge in [-0.05, 0) is 173 Å². The van der Waals surface area contributed by atoms with E-state index in [1.54, 1.807) is 48.5 Å². The maximum atomic E-state index is 13.0. The Morgan fingerprint density at radius 3 is 1.35 bits per heavy atom. The van der Waals surface area contributed by atoms with Gasteiger partial charge in [-0.15, -0.1) is 35.0 Å². The Morgan fingerprint density at radius 2 is 0.968 bits per heavy atom. The summed E-state index contributed by atoms with van der Waals surface area (Å²) in [5.41, 5.74) is 16.2. The number of rotatable bonds is 8. The highest BCUT2D eigenvalue weighted by atomic mass is 35.5. The van der Waals surface area contributed by atoms with E-state index >= 15 is 0 Å². The van der Waals surface area contributed by atoms with Gasteiger partial charge in [0.1, 0.15) is 46.3 Å². The molecule has 6 N–H and O–H groups in total. The molecule has 2 fully saturated rings. The van der Waals surface area contributed by atoms with Crippen LogP contribution in [0.1, 0.15) is 80.7 Å². The van der Waals surface area contributed by atoms with Crippen LogP contribution in [0.4, 0.5) is 20.4 Å². The number of hydrogen-bond acceptors (Lipinski definition) is 11. The normalized spacial score (nSPS) is 13.7. The van der Waals surface area contributed by atoms with E-state index in [0.29, 0.717) is 59.2 Å². The third kappa shape index (κ3) is 14.3. The van der Waals surface area contributed by atoms with Crippen LogP contribution in [0, 0.1) is 25.5 Å². The highest BCUT2D eigenvalue weighted by Crippen LogP contribution is 2.29. The van der Waals surface area contributed by atoms with Crippen molar-refractivity contribution in [2.24, 2.45) is 0 Å². The summed E-state index contributed by atoms with van der Waals surface area (Å²) in [4.78, 5) is 25.3. The topological polar surface area (TPSA) is 192 Å². The second kappa shape index (κ2) is 23.7. The fourth-order valence-corrected chi connectivity index (χ4v) is 6.72. The molecule has 0 atom stereocenters. The lowest BCUT2D eigenvalue weighted by Gasteiger charge is -2.31. The third-order valence-corrected chi connectivity index (χ3v) is 10.3. The van der Waals surface area contributed by atoms with E-state index in [-0.39, 0.29) is 53.8 Å². The first kappa shape index (κ1) is 49.2. The summed E-state index contributed by atoms with van der Waals surface area (Å²) in [5, 5.41) is 28.4. The number of carbonyl (C=O) groups excluding carboxylic acids is 1. The van der Waals surface area contributed by atoms with Crippen molar-refractivity contribution in [3.63, 3.8) is 0 Å². The third-order valence-electron chi connectivity index (χ3n) is 10.3. The standard InChI is InChI=1S/C23H23FN4O2.C13H9FO3.C10H16N4.2ClH/c1-15-14-21(26-27-22(15)25)16-10-12-28(13-11-16)23(29)17-2-6-19(7-3-17)30-20-8-4-18(24)5-9-20;14-10-3-7-12(8-4-10)17-11-5-1-9(2-6-11)13(15)16;1-7-6-9(13-14-10(7)11)8-2-4-12-5-3-8;;/h2-9,14,16H,10-13H2,1H3,(H2,25,27);1-8H,(H,15,16);6,8,12H,2-5H2,1H3,(H2,11,14);2*1H. The van der Waals surface area contributed by atoms with Crippen molar-refractivity contribution in [2.75, 3.05) is 37.6 Å². The number of hydrogen-bond donors (Lipinski definition) is 4. The van der Waals surface area contributed by atoms with Crippen molar-refractivity contribution >= 4 is 48.3 Å². The SMILES string of the molecule is Cc1cc(C2CCN(C(=O)c3ccc(Oc4ccc(F)cc4)cc3)CC2)nnc1N.Cc1cc(C2CCNCC2)nnc1N.Cl.Cl.O=C(O)c1ccc(Oc2ccc(F)cc2)cc1. The quantitative estimate of drug-likeness (QED) is 0.113. The Labute approximate surface area is 377 Å². The number of nitrogens with one attached hydrogen (secondary N) is 1. The van der Waals surface area contributed by atoms with Crippen molar-refractivity contribution < 1.29 is 33.0 Å². The van der Waals surface area contributed by atoms with Gasteiger partial charge in [-0.1, -0.05) is 0 Å². The first-order valence-electron chi connectivity index (χ1n) is 19.9. The van der Waals surface area contributed by atoms with Gasteiger partial charge in [0.2, 0.25) is 0 Å². The van der Waals surface area contributed by atoms with Crippen LogP contribution in [-0.4, -0.2) is 68.5 Å². The minimum absolute atomic E-state index is 0. The van der Waals surface area contributed by atoms with Crippen molar-refractivity contribution in [2.45, 2.75) is 51.4 Å². The fourth-order valence-electron chi connectivity index (χ4n) is 6.72. The van der Waals surface area contributed by atoms with Gasteiger partial charge >= 0.3 is 5.97 Å². The van der Waals surface area contributed by atoms with Crippen LogP contribution in [0.2, 0.25) is 0 Å². The lowest BCUT2D eigenvalue weighted by Crippen LogP contribution is -2.38. The van der Waals surface area contributed by atoms with E-state index in [1.165, 1.54) is 48.5 Å². The van der Waals surface area contributed by atoms with Crippen LogP contribution < -0.4 is 26.3 Å². The number of amides is 1. The first-order chi connectivity index (χ1) is 29.4. The monoisotopic (exact) mass is 902 g/mol. The number of anilines is 2. The maximum absolute atomic E-state index is 13.0. The van der Waals surface area contributed by atoms with Gasteiger partial charge in [0, 0.05) is 30.5 Å². The number of aryl methyl sites for hydroxylation is 2. The van der Waals surface area contributed by atoms with Crippen molar-refractivity contribution in [1.82, 2.24) is 30.6 Å². The average Bonchev–Trinajstić information content (AvgIpc) is 3.28. The second-order valence-corrected chi connectivity index (χ2v) is 14.7. The molecule has 2 aromatic heterocycles. The molecule has 13 nitrogen and oxygen atoms in total. The number of ether oxygens (including phenoxy) is 2. The molecule has 2 saturated heterocycles. The molecule has 332 valence electrons. The van der Waals surface area contributed by atoms with Gasteiger partial charge in [-0.25, -0.2) is 13.6 Å². The molecule has 0 saturated carbocycles. The van der Waals surface area contributed by atoms with Crippen LogP contribution in [0.25, 0.3) is 0 Å². The van der Waals surface area contributed by atoms with E-state index in [1.807, 2.05) is 24.8 Å². The van der Waals surface area contributed by atoms with E-state index in [4.69, 9.17) is 26.0 Å². The van der Waals surface area contributed by atoms with Crippen LogP contribution in [-0.2, 0) is 0 Å². The average molecular weight is 904 g/mol. The molecule has 4 aromatic carbocycles. The zero-order valence-corrected chi connectivity index (χ0v) is 36.4. The summed E-state index contributed by atoms with van der Waals surface area (Å²) in [7, 11) is 0. The summed E-state index contributed by atoms with van der Waals surface area (Å²) in [6.45, 7) is 7.40. The van der Waals surface area contributed by atoms with Gasteiger partial charge in [-0.2, -0.15) is 10.2 Å². The Morgan fingerprint density at radius 1 is 0.603 bits per heavy atom. The molecule has 4 heterocycles. The molecule has 0 unspecified atom stereocenters. The van der Waals surface area contributed by atoms with Gasteiger partial charge < -0.3 is 36.3 Å². The Balaban J connectivity index is 0.000000224.